The Morgan fingerprint density at radius 3 is 2.76 bits per heavy atom. The third kappa shape index (κ3) is 1.94. The number of benzene rings is 1. The van der Waals surface area contributed by atoms with Gasteiger partial charge in [0, 0.05) is 31.8 Å². The fraction of sp³-hybridized carbons (Fsp3) is 0.200. The van der Waals surface area contributed by atoms with E-state index in [-0.39, 0.29) is 5.69 Å². The van der Waals surface area contributed by atoms with Crippen LogP contribution in [0.5, 0.6) is 0 Å². The van der Waals surface area contributed by atoms with E-state index < -0.39 is 4.92 Å². The first-order valence-corrected chi connectivity index (χ1v) is 4.95. The third-order valence-corrected chi connectivity index (χ3v) is 2.41. The largest absolute Gasteiger partial charge is 0.357 e. The van der Waals surface area contributed by atoms with Crippen molar-refractivity contribution in [1.82, 2.24) is 14.8 Å². The van der Waals surface area contributed by atoms with Crippen LogP contribution in [0.3, 0.4) is 0 Å². The fourth-order valence-electron chi connectivity index (χ4n) is 1.56. The summed E-state index contributed by atoms with van der Waals surface area (Å²) in [5, 5.41) is 21.5. The van der Waals surface area contributed by atoms with Crippen LogP contribution in [0.4, 0.5) is 11.6 Å². The van der Waals surface area contributed by atoms with Crippen molar-refractivity contribution in [1.29, 1.82) is 0 Å². The van der Waals surface area contributed by atoms with E-state index in [9.17, 15) is 10.1 Å². The zero-order valence-corrected chi connectivity index (χ0v) is 9.41. The Kier molecular flexibility index (Phi) is 2.73. The number of nitrogens with zero attached hydrogens (tertiary/aromatic N) is 4. The molecule has 0 atom stereocenters. The molecular formula is C10H11N5O2. The van der Waals surface area contributed by atoms with Crippen LogP contribution in [-0.2, 0) is 7.05 Å². The van der Waals surface area contributed by atoms with Gasteiger partial charge in [0.1, 0.15) is 0 Å². The van der Waals surface area contributed by atoms with Gasteiger partial charge in [-0.2, -0.15) is 0 Å². The smallest absolute Gasteiger partial charge is 0.270 e. The SMILES string of the molecule is CNc1nnc(-c2cccc([N+](=O)[O-])c2)n1C. The number of aromatic nitrogens is 3. The van der Waals surface area contributed by atoms with Gasteiger partial charge in [-0.3, -0.25) is 14.7 Å². The van der Waals surface area contributed by atoms with Crippen LogP contribution in [0.1, 0.15) is 0 Å². The first-order valence-electron chi connectivity index (χ1n) is 4.95. The highest BCUT2D eigenvalue weighted by atomic mass is 16.6. The molecule has 1 N–H and O–H groups in total. The van der Waals surface area contributed by atoms with E-state index in [4.69, 9.17) is 0 Å². The minimum atomic E-state index is -0.432. The number of nitrogens with one attached hydrogen (secondary N) is 1. The van der Waals surface area contributed by atoms with Gasteiger partial charge in [0.25, 0.3) is 5.69 Å². The normalized spacial score (nSPS) is 10.2. The van der Waals surface area contributed by atoms with Crippen molar-refractivity contribution in [3.05, 3.63) is 34.4 Å². The minimum absolute atomic E-state index is 0.0384. The first-order chi connectivity index (χ1) is 8.13. The first kappa shape index (κ1) is 11.1. The fourth-order valence-corrected chi connectivity index (χ4v) is 1.56. The van der Waals surface area contributed by atoms with E-state index in [1.54, 1.807) is 30.8 Å². The lowest BCUT2D eigenvalue weighted by atomic mass is 10.2. The summed E-state index contributed by atoms with van der Waals surface area (Å²) in [6.07, 6.45) is 0. The summed E-state index contributed by atoms with van der Waals surface area (Å²) >= 11 is 0. The topological polar surface area (TPSA) is 85.9 Å². The number of non-ortho nitro benzene ring substituents is 1. The standard InChI is InChI=1S/C10H11N5O2/c1-11-10-13-12-9(14(10)2)7-4-3-5-8(6-7)15(16)17/h3-6H,1-2H3,(H,11,13). The highest BCUT2D eigenvalue weighted by molar-refractivity contribution is 5.60. The average Bonchev–Trinajstić information content (AvgIpc) is 2.70. The van der Waals surface area contributed by atoms with Crippen LogP contribution >= 0.6 is 0 Å². The molecular weight excluding hydrogens is 222 g/mol. The molecule has 0 aliphatic carbocycles. The summed E-state index contributed by atoms with van der Waals surface area (Å²) in [6.45, 7) is 0. The van der Waals surface area contributed by atoms with Gasteiger partial charge in [-0.15, -0.1) is 10.2 Å². The second-order valence-electron chi connectivity index (χ2n) is 3.46. The highest BCUT2D eigenvalue weighted by Gasteiger charge is 2.12. The quantitative estimate of drug-likeness (QED) is 0.640. The molecule has 7 heteroatoms. The molecule has 0 bridgehead atoms. The van der Waals surface area contributed by atoms with Gasteiger partial charge in [0.05, 0.1) is 4.92 Å². The molecule has 0 aliphatic rings. The Balaban J connectivity index is 2.49. The number of nitro benzene ring substituents is 1. The van der Waals surface area contributed by atoms with Crippen molar-refractivity contribution in [3.8, 4) is 11.4 Å². The van der Waals surface area contributed by atoms with Gasteiger partial charge in [0.15, 0.2) is 5.82 Å². The Labute approximate surface area is 97.2 Å². The van der Waals surface area contributed by atoms with Crippen molar-refractivity contribution in [3.63, 3.8) is 0 Å². The maximum Gasteiger partial charge on any atom is 0.270 e. The van der Waals surface area contributed by atoms with Crippen molar-refractivity contribution >= 4 is 11.6 Å². The summed E-state index contributed by atoms with van der Waals surface area (Å²) in [6, 6.07) is 6.31. The van der Waals surface area contributed by atoms with Crippen LogP contribution in [0.15, 0.2) is 24.3 Å². The summed E-state index contributed by atoms with van der Waals surface area (Å²) in [7, 11) is 3.53. The van der Waals surface area contributed by atoms with Crippen molar-refractivity contribution < 1.29 is 4.92 Å². The van der Waals surface area contributed by atoms with E-state index >= 15 is 0 Å². The van der Waals surface area contributed by atoms with Crippen molar-refractivity contribution in [2.24, 2.45) is 7.05 Å². The monoisotopic (exact) mass is 233 g/mol. The van der Waals surface area contributed by atoms with E-state index in [0.29, 0.717) is 17.3 Å². The van der Waals surface area contributed by atoms with Gasteiger partial charge < -0.3 is 5.32 Å². The molecule has 0 aliphatic heterocycles. The maximum absolute atomic E-state index is 10.7. The molecule has 0 unspecified atom stereocenters. The van der Waals surface area contributed by atoms with Gasteiger partial charge in [-0.25, -0.2) is 0 Å². The molecule has 2 aromatic rings. The molecule has 0 spiro atoms. The van der Waals surface area contributed by atoms with Crippen molar-refractivity contribution in [2.45, 2.75) is 0 Å². The molecule has 0 saturated carbocycles. The van der Waals surface area contributed by atoms with E-state index in [2.05, 4.69) is 15.5 Å². The second kappa shape index (κ2) is 4.20. The van der Waals surface area contributed by atoms with Gasteiger partial charge in [0.2, 0.25) is 5.95 Å². The summed E-state index contributed by atoms with van der Waals surface area (Å²) in [5.41, 5.74) is 0.701. The summed E-state index contributed by atoms with van der Waals surface area (Å²) in [4.78, 5) is 10.2. The number of rotatable bonds is 3. The average molecular weight is 233 g/mol. The molecule has 1 heterocycles. The molecule has 2 rings (SSSR count). The highest BCUT2D eigenvalue weighted by Crippen LogP contribution is 2.23. The van der Waals surface area contributed by atoms with Gasteiger partial charge in [-0.1, -0.05) is 12.1 Å². The number of anilines is 1. The van der Waals surface area contributed by atoms with Crippen LogP contribution in [0, 0.1) is 10.1 Å². The number of nitro groups is 1. The maximum atomic E-state index is 10.7. The molecule has 0 amide bonds. The zero-order chi connectivity index (χ0) is 12.4. The summed E-state index contributed by atoms with van der Waals surface area (Å²) in [5.74, 6) is 1.18. The second-order valence-corrected chi connectivity index (χ2v) is 3.46. The Bertz CT molecular complexity index is 564. The summed E-state index contributed by atoms with van der Waals surface area (Å²) < 4.78 is 1.74. The molecule has 1 aromatic heterocycles. The predicted molar refractivity (Wildman–Crippen MR) is 62.6 cm³/mol. The van der Waals surface area contributed by atoms with Crippen LogP contribution < -0.4 is 5.32 Å². The molecule has 0 fully saturated rings. The van der Waals surface area contributed by atoms with Crippen molar-refractivity contribution in [2.75, 3.05) is 12.4 Å². The number of hydrogen-bond donors (Lipinski definition) is 1. The van der Waals surface area contributed by atoms with E-state index in [1.807, 2.05) is 0 Å². The minimum Gasteiger partial charge on any atom is -0.357 e. The Morgan fingerprint density at radius 2 is 2.18 bits per heavy atom. The van der Waals surface area contributed by atoms with Crippen LogP contribution in [0.2, 0.25) is 0 Å². The third-order valence-electron chi connectivity index (χ3n) is 2.41. The number of hydrogen-bond acceptors (Lipinski definition) is 5. The van der Waals surface area contributed by atoms with E-state index in [0.717, 1.165) is 0 Å². The Morgan fingerprint density at radius 1 is 1.41 bits per heavy atom. The molecule has 0 saturated heterocycles. The Hall–Kier alpha value is -2.44. The van der Waals surface area contributed by atoms with E-state index in [1.165, 1.54) is 12.1 Å². The van der Waals surface area contributed by atoms with Crippen LogP contribution in [0.25, 0.3) is 11.4 Å². The lowest BCUT2D eigenvalue weighted by Gasteiger charge is -2.02. The molecule has 17 heavy (non-hydrogen) atoms. The molecule has 1 aromatic carbocycles. The lowest BCUT2D eigenvalue weighted by Crippen LogP contribution is -1.99. The molecule has 0 radical (unpaired) electrons. The van der Waals surface area contributed by atoms with Gasteiger partial charge in [-0.05, 0) is 0 Å². The molecule has 88 valence electrons. The molecule has 7 nitrogen and oxygen atoms in total. The van der Waals surface area contributed by atoms with Gasteiger partial charge >= 0.3 is 0 Å². The zero-order valence-electron chi connectivity index (χ0n) is 9.41. The predicted octanol–water partition coefficient (Wildman–Crippen LogP) is 1.43. The lowest BCUT2D eigenvalue weighted by molar-refractivity contribution is -0.384. The van der Waals surface area contributed by atoms with Crippen LogP contribution in [-0.4, -0.2) is 26.7 Å².